The number of hydrogen-bond donors (Lipinski definition) is 1. The minimum atomic E-state index is 0.627. The lowest BCUT2D eigenvalue weighted by Gasteiger charge is -2.25. The van der Waals surface area contributed by atoms with E-state index in [1.165, 1.54) is 51.6 Å². The molecule has 2 unspecified atom stereocenters. The van der Waals surface area contributed by atoms with Gasteiger partial charge in [0.2, 0.25) is 0 Å². The van der Waals surface area contributed by atoms with Crippen LogP contribution in [-0.4, -0.2) is 37.1 Å². The molecule has 0 aliphatic rings. The standard InChI is InChI=1S/C17H38N2/c1-7-8-14-19(6)17(5)12-11-16(4)10-9-13-18-15(2)3/h15-18H,7-14H2,1-6H3. The maximum atomic E-state index is 3.50. The summed E-state index contributed by atoms with van der Waals surface area (Å²) in [6.45, 7) is 13.9. The van der Waals surface area contributed by atoms with Gasteiger partial charge in [0.1, 0.15) is 0 Å². The molecule has 0 fully saturated rings. The molecule has 0 spiro atoms. The molecule has 19 heavy (non-hydrogen) atoms. The van der Waals surface area contributed by atoms with Gasteiger partial charge >= 0.3 is 0 Å². The minimum Gasteiger partial charge on any atom is -0.315 e. The van der Waals surface area contributed by atoms with Gasteiger partial charge in [0.15, 0.2) is 0 Å². The first-order chi connectivity index (χ1) is 8.97. The number of hydrogen-bond acceptors (Lipinski definition) is 2. The van der Waals surface area contributed by atoms with Crippen molar-refractivity contribution < 1.29 is 0 Å². The Kier molecular flexibility index (Phi) is 11.7. The molecule has 0 bridgehead atoms. The van der Waals surface area contributed by atoms with Crippen LogP contribution in [0.15, 0.2) is 0 Å². The first kappa shape index (κ1) is 18.9. The maximum absolute atomic E-state index is 3.50. The van der Waals surface area contributed by atoms with Crippen LogP contribution in [0.4, 0.5) is 0 Å². The van der Waals surface area contributed by atoms with Gasteiger partial charge in [-0.1, -0.05) is 34.1 Å². The molecule has 0 saturated heterocycles. The first-order valence-electron chi connectivity index (χ1n) is 8.41. The van der Waals surface area contributed by atoms with E-state index in [0.29, 0.717) is 6.04 Å². The zero-order valence-corrected chi connectivity index (χ0v) is 14.3. The van der Waals surface area contributed by atoms with E-state index in [1.807, 2.05) is 0 Å². The molecule has 0 heterocycles. The third-order valence-corrected chi connectivity index (χ3v) is 4.12. The van der Waals surface area contributed by atoms with Gasteiger partial charge in [0.25, 0.3) is 0 Å². The van der Waals surface area contributed by atoms with Crippen molar-refractivity contribution in [3.8, 4) is 0 Å². The molecule has 0 rings (SSSR count). The molecular weight excluding hydrogens is 232 g/mol. The SMILES string of the molecule is CCCCN(C)C(C)CCC(C)CCCNC(C)C. The summed E-state index contributed by atoms with van der Waals surface area (Å²) in [5, 5.41) is 3.50. The van der Waals surface area contributed by atoms with Gasteiger partial charge in [-0.25, -0.2) is 0 Å². The third kappa shape index (κ3) is 11.4. The second-order valence-electron chi connectivity index (χ2n) is 6.62. The number of nitrogens with one attached hydrogen (secondary N) is 1. The summed E-state index contributed by atoms with van der Waals surface area (Å²) >= 11 is 0. The van der Waals surface area contributed by atoms with Crippen LogP contribution in [-0.2, 0) is 0 Å². The van der Waals surface area contributed by atoms with Gasteiger partial charge in [-0.3, -0.25) is 0 Å². The topological polar surface area (TPSA) is 15.3 Å². The zero-order chi connectivity index (χ0) is 14.7. The van der Waals surface area contributed by atoms with Gasteiger partial charge in [-0.2, -0.15) is 0 Å². The quantitative estimate of drug-likeness (QED) is 0.532. The summed E-state index contributed by atoms with van der Waals surface area (Å²) in [4.78, 5) is 2.52. The van der Waals surface area contributed by atoms with Crippen LogP contribution in [0.3, 0.4) is 0 Å². The van der Waals surface area contributed by atoms with E-state index in [1.54, 1.807) is 0 Å². The van der Waals surface area contributed by atoms with Gasteiger partial charge in [0, 0.05) is 12.1 Å². The highest BCUT2D eigenvalue weighted by molar-refractivity contribution is 4.66. The largest absolute Gasteiger partial charge is 0.315 e. The molecular formula is C17H38N2. The highest BCUT2D eigenvalue weighted by Gasteiger charge is 2.10. The number of nitrogens with zero attached hydrogens (tertiary/aromatic N) is 1. The number of rotatable bonds is 12. The van der Waals surface area contributed by atoms with Crippen molar-refractivity contribution in [2.75, 3.05) is 20.1 Å². The normalized spacial score (nSPS) is 15.2. The van der Waals surface area contributed by atoms with Crippen LogP contribution < -0.4 is 5.32 Å². The molecule has 2 nitrogen and oxygen atoms in total. The smallest absolute Gasteiger partial charge is 0.00639 e. The molecule has 0 saturated carbocycles. The summed E-state index contributed by atoms with van der Waals surface area (Å²) < 4.78 is 0. The fraction of sp³-hybridized carbons (Fsp3) is 1.00. The van der Waals surface area contributed by atoms with Crippen LogP contribution in [0.25, 0.3) is 0 Å². The second-order valence-corrected chi connectivity index (χ2v) is 6.62. The number of unbranched alkanes of at least 4 members (excludes halogenated alkanes) is 1. The summed E-state index contributed by atoms with van der Waals surface area (Å²) in [5.74, 6) is 0.871. The summed E-state index contributed by atoms with van der Waals surface area (Å²) in [7, 11) is 2.28. The first-order valence-corrected chi connectivity index (χ1v) is 8.41. The lowest BCUT2D eigenvalue weighted by atomic mass is 9.97. The van der Waals surface area contributed by atoms with Gasteiger partial charge < -0.3 is 10.2 Å². The van der Waals surface area contributed by atoms with E-state index in [9.17, 15) is 0 Å². The molecule has 2 atom stereocenters. The van der Waals surface area contributed by atoms with Crippen LogP contribution in [0, 0.1) is 5.92 Å². The lowest BCUT2D eigenvalue weighted by Crippen LogP contribution is -2.30. The summed E-state index contributed by atoms with van der Waals surface area (Å²) in [6, 6.07) is 1.37. The zero-order valence-electron chi connectivity index (χ0n) is 14.3. The van der Waals surface area contributed by atoms with E-state index in [0.717, 1.165) is 12.0 Å². The molecule has 0 aromatic carbocycles. The Labute approximate surface area is 122 Å². The average Bonchev–Trinajstić information content (AvgIpc) is 2.37. The van der Waals surface area contributed by atoms with Crippen molar-refractivity contribution in [1.29, 1.82) is 0 Å². The predicted octanol–water partition coefficient (Wildman–Crippen LogP) is 4.30. The minimum absolute atomic E-state index is 0.627. The fourth-order valence-corrected chi connectivity index (χ4v) is 2.36. The van der Waals surface area contributed by atoms with E-state index >= 15 is 0 Å². The molecule has 0 amide bonds. The Morgan fingerprint density at radius 3 is 2.21 bits per heavy atom. The average molecular weight is 271 g/mol. The maximum Gasteiger partial charge on any atom is 0.00639 e. The van der Waals surface area contributed by atoms with Crippen molar-refractivity contribution in [2.45, 2.75) is 85.2 Å². The van der Waals surface area contributed by atoms with E-state index in [2.05, 4.69) is 51.9 Å². The highest BCUT2D eigenvalue weighted by Crippen LogP contribution is 2.16. The summed E-state index contributed by atoms with van der Waals surface area (Å²) in [6.07, 6.45) is 8.04. The Morgan fingerprint density at radius 1 is 0.947 bits per heavy atom. The van der Waals surface area contributed by atoms with Crippen molar-refractivity contribution in [3.05, 3.63) is 0 Å². The predicted molar refractivity (Wildman–Crippen MR) is 87.8 cm³/mol. The summed E-state index contributed by atoms with van der Waals surface area (Å²) in [5.41, 5.74) is 0. The molecule has 0 radical (unpaired) electrons. The van der Waals surface area contributed by atoms with Gasteiger partial charge in [0.05, 0.1) is 0 Å². The molecule has 0 aromatic rings. The lowest BCUT2D eigenvalue weighted by molar-refractivity contribution is 0.229. The third-order valence-electron chi connectivity index (χ3n) is 4.12. The molecule has 0 aliphatic heterocycles. The molecule has 0 aromatic heterocycles. The van der Waals surface area contributed by atoms with Crippen LogP contribution in [0.5, 0.6) is 0 Å². The van der Waals surface area contributed by atoms with E-state index in [-0.39, 0.29) is 0 Å². The van der Waals surface area contributed by atoms with Gasteiger partial charge in [-0.05, 0) is 65.1 Å². The molecule has 1 N–H and O–H groups in total. The Bertz CT molecular complexity index is 192. The molecule has 0 aliphatic carbocycles. The Hall–Kier alpha value is -0.0800. The second kappa shape index (κ2) is 11.7. The van der Waals surface area contributed by atoms with Crippen molar-refractivity contribution in [1.82, 2.24) is 10.2 Å². The van der Waals surface area contributed by atoms with E-state index < -0.39 is 0 Å². The van der Waals surface area contributed by atoms with Crippen molar-refractivity contribution in [3.63, 3.8) is 0 Å². The molecule has 116 valence electrons. The van der Waals surface area contributed by atoms with Gasteiger partial charge in [-0.15, -0.1) is 0 Å². The highest BCUT2D eigenvalue weighted by atomic mass is 15.1. The van der Waals surface area contributed by atoms with Crippen LogP contribution in [0.2, 0.25) is 0 Å². The Morgan fingerprint density at radius 2 is 1.63 bits per heavy atom. The fourth-order valence-electron chi connectivity index (χ4n) is 2.36. The van der Waals surface area contributed by atoms with Crippen LogP contribution in [0.1, 0.15) is 73.1 Å². The Balaban J connectivity index is 3.57. The van der Waals surface area contributed by atoms with E-state index in [4.69, 9.17) is 0 Å². The monoisotopic (exact) mass is 270 g/mol. The van der Waals surface area contributed by atoms with Crippen molar-refractivity contribution in [2.24, 2.45) is 5.92 Å². The van der Waals surface area contributed by atoms with Crippen LogP contribution >= 0.6 is 0 Å². The van der Waals surface area contributed by atoms with Crippen molar-refractivity contribution >= 4 is 0 Å². The molecule has 2 heteroatoms.